The van der Waals surface area contributed by atoms with E-state index in [0.29, 0.717) is 5.25 Å². The second-order valence-corrected chi connectivity index (χ2v) is 8.84. The van der Waals surface area contributed by atoms with Crippen molar-refractivity contribution in [3.8, 4) is 0 Å². The molecule has 2 unspecified atom stereocenters. The number of thioether (sulfide) groups is 1. The van der Waals surface area contributed by atoms with Crippen LogP contribution in [0.4, 0.5) is 0 Å². The molecule has 1 aromatic carbocycles. The molecule has 6 nitrogen and oxygen atoms in total. The number of fused-ring (bicyclic) bond motifs is 1. The van der Waals surface area contributed by atoms with E-state index in [1.165, 1.54) is 4.90 Å². The second kappa shape index (κ2) is 8.90. The number of hydrogen-bond donors (Lipinski definition) is 2. The van der Waals surface area contributed by atoms with Gasteiger partial charge in [-0.2, -0.15) is 5.10 Å². The van der Waals surface area contributed by atoms with Gasteiger partial charge >= 0.3 is 0 Å². The maximum atomic E-state index is 4.58. The number of nitrogens with zero attached hydrogens (tertiary/aromatic N) is 4. The molecule has 8 heteroatoms. The number of aliphatic imine (C=N–C) groups is 1. The fourth-order valence-electron chi connectivity index (χ4n) is 2.99. The van der Waals surface area contributed by atoms with Gasteiger partial charge in [0, 0.05) is 34.8 Å². The third kappa shape index (κ3) is 5.01. The minimum atomic E-state index is 0.158. The molecule has 2 heterocycles. The van der Waals surface area contributed by atoms with Crippen molar-refractivity contribution in [3.63, 3.8) is 0 Å². The molecule has 1 aliphatic rings. The van der Waals surface area contributed by atoms with E-state index < -0.39 is 0 Å². The predicted octanol–water partition coefficient (Wildman–Crippen LogP) is 3.53. The quantitative estimate of drug-likeness (QED) is 0.426. The SMILES string of the molecule is CN=C(NCC(C)Sc1ccc(Br)cc1)NC1CCCn2nc(C)nc21. The van der Waals surface area contributed by atoms with E-state index in [0.717, 1.165) is 48.0 Å². The minimum Gasteiger partial charge on any atom is -0.355 e. The Hall–Kier alpha value is -1.54. The highest BCUT2D eigenvalue weighted by molar-refractivity contribution is 9.10. The summed E-state index contributed by atoms with van der Waals surface area (Å²) in [6.45, 7) is 5.93. The fourth-order valence-corrected chi connectivity index (χ4v) is 4.18. The van der Waals surface area contributed by atoms with E-state index >= 15 is 0 Å². The molecule has 0 aliphatic carbocycles. The Bertz CT molecular complexity index is 758. The Morgan fingerprint density at radius 2 is 2.19 bits per heavy atom. The number of benzene rings is 1. The second-order valence-electron chi connectivity index (χ2n) is 6.42. The number of rotatable bonds is 5. The molecular weight excluding hydrogens is 412 g/mol. The fraction of sp³-hybridized carbons (Fsp3) is 0.500. The maximum Gasteiger partial charge on any atom is 0.191 e. The highest BCUT2D eigenvalue weighted by atomic mass is 79.9. The normalized spacial score (nSPS) is 18.3. The van der Waals surface area contributed by atoms with Crippen molar-refractivity contribution in [2.75, 3.05) is 13.6 Å². The van der Waals surface area contributed by atoms with E-state index in [9.17, 15) is 0 Å². The largest absolute Gasteiger partial charge is 0.355 e. The third-order valence-corrected chi connectivity index (χ3v) is 5.87. The van der Waals surface area contributed by atoms with E-state index in [1.54, 1.807) is 7.05 Å². The molecule has 0 bridgehead atoms. The van der Waals surface area contributed by atoms with Crippen LogP contribution in [0.5, 0.6) is 0 Å². The van der Waals surface area contributed by atoms with Crippen LogP contribution in [0.25, 0.3) is 0 Å². The van der Waals surface area contributed by atoms with Crippen LogP contribution in [0.15, 0.2) is 38.6 Å². The van der Waals surface area contributed by atoms with Gasteiger partial charge in [0.25, 0.3) is 0 Å². The number of aromatic nitrogens is 3. The topological polar surface area (TPSA) is 67.1 Å². The molecular formula is C18H25BrN6S. The first-order valence-corrected chi connectivity index (χ1v) is 10.5. The van der Waals surface area contributed by atoms with Crippen LogP contribution in [0.1, 0.15) is 37.5 Å². The van der Waals surface area contributed by atoms with Crippen molar-refractivity contribution in [1.29, 1.82) is 0 Å². The lowest BCUT2D eigenvalue weighted by molar-refractivity contribution is 0.398. The maximum absolute atomic E-state index is 4.58. The van der Waals surface area contributed by atoms with Gasteiger partial charge in [-0.25, -0.2) is 9.67 Å². The van der Waals surface area contributed by atoms with E-state index in [-0.39, 0.29) is 6.04 Å². The zero-order valence-electron chi connectivity index (χ0n) is 15.4. The summed E-state index contributed by atoms with van der Waals surface area (Å²) in [4.78, 5) is 10.2. The number of hydrogen-bond acceptors (Lipinski definition) is 4. The van der Waals surface area contributed by atoms with Crippen molar-refractivity contribution in [1.82, 2.24) is 25.4 Å². The summed E-state index contributed by atoms with van der Waals surface area (Å²) in [6.07, 6.45) is 2.14. The van der Waals surface area contributed by atoms with Crippen LogP contribution in [-0.4, -0.2) is 39.6 Å². The molecule has 2 atom stereocenters. The van der Waals surface area contributed by atoms with Gasteiger partial charge in [0.2, 0.25) is 0 Å². The first-order chi connectivity index (χ1) is 12.5. The number of nitrogens with one attached hydrogen (secondary N) is 2. The Morgan fingerprint density at radius 3 is 2.92 bits per heavy atom. The Labute approximate surface area is 167 Å². The molecule has 0 spiro atoms. The molecule has 0 radical (unpaired) electrons. The Balaban J connectivity index is 1.53. The molecule has 2 N–H and O–H groups in total. The monoisotopic (exact) mass is 436 g/mol. The smallest absolute Gasteiger partial charge is 0.191 e. The minimum absolute atomic E-state index is 0.158. The molecule has 1 aliphatic heterocycles. The van der Waals surface area contributed by atoms with E-state index in [2.05, 4.69) is 72.8 Å². The van der Waals surface area contributed by atoms with Crippen LogP contribution >= 0.6 is 27.7 Å². The van der Waals surface area contributed by atoms with Crippen LogP contribution in [0, 0.1) is 6.92 Å². The van der Waals surface area contributed by atoms with E-state index in [4.69, 9.17) is 0 Å². The van der Waals surface area contributed by atoms with Crippen molar-refractivity contribution < 1.29 is 0 Å². The summed E-state index contributed by atoms with van der Waals surface area (Å²) in [6, 6.07) is 8.57. The molecule has 1 aromatic heterocycles. The average molecular weight is 437 g/mol. The number of guanidine groups is 1. The summed E-state index contributed by atoms with van der Waals surface area (Å²) in [5.41, 5.74) is 0. The number of halogens is 1. The third-order valence-electron chi connectivity index (χ3n) is 4.22. The number of aryl methyl sites for hydroxylation is 2. The first-order valence-electron chi connectivity index (χ1n) is 8.86. The highest BCUT2D eigenvalue weighted by Gasteiger charge is 2.24. The lowest BCUT2D eigenvalue weighted by Crippen LogP contribution is -2.43. The molecule has 26 heavy (non-hydrogen) atoms. The summed E-state index contributed by atoms with van der Waals surface area (Å²) in [5.74, 6) is 2.65. The van der Waals surface area contributed by atoms with Crippen LogP contribution in [0.2, 0.25) is 0 Å². The summed E-state index contributed by atoms with van der Waals surface area (Å²) >= 11 is 5.32. The summed E-state index contributed by atoms with van der Waals surface area (Å²) in [5, 5.41) is 11.8. The lowest BCUT2D eigenvalue weighted by Gasteiger charge is -2.25. The van der Waals surface area contributed by atoms with Gasteiger partial charge in [0.15, 0.2) is 5.96 Å². The van der Waals surface area contributed by atoms with Crippen molar-refractivity contribution >= 4 is 33.7 Å². The Kier molecular flexibility index (Phi) is 6.58. The highest BCUT2D eigenvalue weighted by Crippen LogP contribution is 2.25. The summed E-state index contributed by atoms with van der Waals surface area (Å²) < 4.78 is 3.11. The van der Waals surface area contributed by atoms with Gasteiger partial charge in [-0.3, -0.25) is 4.99 Å². The van der Waals surface area contributed by atoms with Gasteiger partial charge in [-0.1, -0.05) is 22.9 Å². The van der Waals surface area contributed by atoms with Gasteiger partial charge in [0.05, 0.1) is 6.04 Å². The van der Waals surface area contributed by atoms with Crippen molar-refractivity contribution in [2.24, 2.45) is 4.99 Å². The lowest BCUT2D eigenvalue weighted by atomic mass is 10.1. The first kappa shape index (κ1) is 19.2. The van der Waals surface area contributed by atoms with Gasteiger partial charge in [-0.05, 0) is 44.0 Å². The molecule has 140 valence electrons. The molecule has 0 saturated heterocycles. The van der Waals surface area contributed by atoms with Gasteiger partial charge < -0.3 is 10.6 Å². The van der Waals surface area contributed by atoms with Crippen LogP contribution < -0.4 is 10.6 Å². The molecule has 3 rings (SSSR count). The summed E-state index contributed by atoms with van der Waals surface area (Å²) in [7, 11) is 1.81. The molecule has 0 fully saturated rings. The molecule has 0 saturated carbocycles. The zero-order chi connectivity index (χ0) is 18.5. The molecule has 0 amide bonds. The zero-order valence-corrected chi connectivity index (χ0v) is 17.8. The van der Waals surface area contributed by atoms with Crippen LogP contribution in [0.3, 0.4) is 0 Å². The standard InChI is InChI=1S/C18H25BrN6S/c1-12(26-15-8-6-14(19)7-9-15)11-21-18(20-3)23-16-5-4-10-25-17(16)22-13(2)24-25/h6-9,12,16H,4-5,10-11H2,1-3H3,(H2,20,21,23). The molecule has 2 aromatic rings. The van der Waals surface area contributed by atoms with E-state index in [1.807, 2.05) is 23.4 Å². The van der Waals surface area contributed by atoms with Gasteiger partial charge in [-0.15, -0.1) is 11.8 Å². The van der Waals surface area contributed by atoms with Crippen molar-refractivity contribution in [3.05, 3.63) is 40.4 Å². The Morgan fingerprint density at radius 1 is 1.42 bits per heavy atom. The predicted molar refractivity (Wildman–Crippen MR) is 111 cm³/mol. The van der Waals surface area contributed by atoms with Gasteiger partial charge in [0.1, 0.15) is 11.6 Å². The average Bonchev–Trinajstić information content (AvgIpc) is 3.01. The van der Waals surface area contributed by atoms with Crippen LogP contribution in [-0.2, 0) is 6.54 Å². The van der Waals surface area contributed by atoms with Crippen molar-refractivity contribution in [2.45, 2.75) is 49.4 Å².